The van der Waals surface area contributed by atoms with E-state index in [-0.39, 0.29) is 23.9 Å². The van der Waals surface area contributed by atoms with Crippen molar-refractivity contribution in [3.63, 3.8) is 0 Å². The van der Waals surface area contributed by atoms with Crippen LogP contribution in [0.25, 0.3) is 31.7 Å². The number of thiophene rings is 1. The maximum absolute atomic E-state index is 10.0. The molecule has 3 aromatic carbocycles. The molecule has 4 nitrogen and oxygen atoms in total. The van der Waals surface area contributed by atoms with E-state index in [1.54, 1.807) is 29.5 Å². The molecule has 0 aliphatic carbocycles. The van der Waals surface area contributed by atoms with Gasteiger partial charge in [-0.25, -0.2) is 0 Å². The maximum atomic E-state index is 10.0. The minimum Gasteiger partial charge on any atom is -0.508 e. The zero-order valence-corrected chi connectivity index (χ0v) is 21.6. The van der Waals surface area contributed by atoms with Crippen LogP contribution in [0.15, 0.2) is 66.7 Å². The van der Waals surface area contributed by atoms with Gasteiger partial charge in [0.05, 0.1) is 6.61 Å². The second-order valence-corrected chi connectivity index (χ2v) is 10.2. The van der Waals surface area contributed by atoms with E-state index >= 15 is 0 Å². The summed E-state index contributed by atoms with van der Waals surface area (Å²) in [6.45, 7) is 5.45. The van der Waals surface area contributed by atoms with E-state index in [4.69, 9.17) is 4.74 Å². The third-order valence-corrected chi connectivity index (χ3v) is 7.97. The molecule has 2 N–H and O–H groups in total. The van der Waals surface area contributed by atoms with E-state index < -0.39 is 0 Å². The molecule has 0 amide bonds. The Balaban J connectivity index is 0.00000289. The number of hydrogen-bond acceptors (Lipinski definition) is 5. The predicted octanol–water partition coefficient (Wildman–Crippen LogP) is 7.71. The molecule has 6 heteroatoms. The topological polar surface area (TPSA) is 52.9 Å². The highest BCUT2D eigenvalue weighted by atomic mass is 35.5. The van der Waals surface area contributed by atoms with Crippen molar-refractivity contribution in [3.8, 4) is 38.8 Å². The summed E-state index contributed by atoms with van der Waals surface area (Å²) in [4.78, 5) is 3.70. The summed E-state index contributed by atoms with van der Waals surface area (Å²) in [7, 11) is 0. The van der Waals surface area contributed by atoms with Gasteiger partial charge in [-0.15, -0.1) is 23.7 Å². The molecule has 0 radical (unpaired) electrons. The smallest absolute Gasteiger partial charge is 0.119 e. The van der Waals surface area contributed by atoms with Crippen molar-refractivity contribution in [2.75, 3.05) is 19.7 Å². The van der Waals surface area contributed by atoms with Crippen LogP contribution in [-0.4, -0.2) is 40.9 Å². The molecule has 5 rings (SSSR count). The average molecular weight is 510 g/mol. The Labute approximate surface area is 217 Å². The molecule has 1 fully saturated rings. The average Bonchev–Trinajstić information content (AvgIpc) is 3.24. The van der Waals surface area contributed by atoms with Crippen LogP contribution in [0.5, 0.6) is 17.2 Å². The van der Waals surface area contributed by atoms with Crippen molar-refractivity contribution in [3.05, 3.63) is 66.7 Å². The third kappa shape index (κ3) is 5.75. The normalized spacial score (nSPS) is 15.0. The second-order valence-electron chi connectivity index (χ2n) is 9.14. The number of likely N-dealkylation sites (tertiary alicyclic amines) is 1. The van der Waals surface area contributed by atoms with Gasteiger partial charge in [0.1, 0.15) is 17.2 Å². The van der Waals surface area contributed by atoms with Crippen molar-refractivity contribution in [1.29, 1.82) is 0 Å². The lowest BCUT2D eigenvalue weighted by atomic mass is 9.98. The Morgan fingerprint density at radius 2 is 1.51 bits per heavy atom. The molecule has 4 aromatic rings. The molecular formula is C29H32ClNO3S. The van der Waals surface area contributed by atoms with Crippen LogP contribution in [-0.2, 0) is 0 Å². The molecule has 1 saturated heterocycles. The fourth-order valence-electron chi connectivity index (χ4n) is 4.79. The number of piperidine rings is 1. The van der Waals surface area contributed by atoms with Crippen molar-refractivity contribution < 1.29 is 14.9 Å². The van der Waals surface area contributed by atoms with Gasteiger partial charge in [-0.2, -0.15) is 0 Å². The van der Waals surface area contributed by atoms with Crippen molar-refractivity contribution in [2.45, 2.75) is 38.6 Å². The van der Waals surface area contributed by atoms with E-state index in [1.807, 2.05) is 36.4 Å². The molecule has 1 aromatic heterocycles. The van der Waals surface area contributed by atoms with Gasteiger partial charge in [0, 0.05) is 26.6 Å². The van der Waals surface area contributed by atoms with Crippen molar-refractivity contribution in [1.82, 2.24) is 4.90 Å². The first kappa shape index (κ1) is 25.4. The lowest BCUT2D eigenvalue weighted by Gasteiger charge is -2.32. The number of rotatable bonds is 7. The van der Waals surface area contributed by atoms with Crippen LogP contribution < -0.4 is 4.74 Å². The van der Waals surface area contributed by atoms with E-state index in [0.717, 1.165) is 50.4 Å². The zero-order chi connectivity index (χ0) is 23.5. The van der Waals surface area contributed by atoms with Gasteiger partial charge in [-0.1, -0.05) is 18.6 Å². The Morgan fingerprint density at radius 1 is 0.857 bits per heavy atom. The Kier molecular flexibility index (Phi) is 8.22. The summed E-state index contributed by atoms with van der Waals surface area (Å²) in [6.07, 6.45) is 5.03. The fourth-order valence-corrected chi connectivity index (χ4v) is 6.06. The van der Waals surface area contributed by atoms with Crippen LogP contribution >= 0.6 is 23.7 Å². The summed E-state index contributed by atoms with van der Waals surface area (Å²) in [5.74, 6) is 1.40. The quantitative estimate of drug-likeness (QED) is 0.268. The highest BCUT2D eigenvalue weighted by Gasteiger charge is 2.18. The molecule has 0 spiro atoms. The van der Waals surface area contributed by atoms with Crippen LogP contribution in [0.2, 0.25) is 0 Å². The van der Waals surface area contributed by atoms with E-state index in [0.29, 0.717) is 6.04 Å². The van der Waals surface area contributed by atoms with Crippen LogP contribution in [0, 0.1) is 0 Å². The standard InChI is InChI=1S/C29H31NO3S.ClH/c1-20(30-16-3-2-4-17-30)15-18-33-25-12-7-21(8-13-25)28-26-14-11-24(32)19-27(26)34-29(28)22-5-9-23(31)10-6-22;/h5-14,19-20,31-32H,2-4,15-18H2,1H3;1H. The largest absolute Gasteiger partial charge is 0.508 e. The Morgan fingerprint density at radius 3 is 2.23 bits per heavy atom. The predicted molar refractivity (Wildman–Crippen MR) is 148 cm³/mol. The number of ether oxygens (including phenoxy) is 1. The van der Waals surface area contributed by atoms with Gasteiger partial charge in [0.15, 0.2) is 0 Å². The summed E-state index contributed by atoms with van der Waals surface area (Å²) >= 11 is 1.65. The number of phenols is 2. The minimum atomic E-state index is 0. The number of nitrogens with zero attached hydrogens (tertiary/aromatic N) is 1. The number of halogens is 1. The summed E-state index contributed by atoms with van der Waals surface area (Å²) in [5.41, 5.74) is 3.28. The number of hydrogen-bond donors (Lipinski definition) is 2. The van der Waals surface area contributed by atoms with Gasteiger partial charge >= 0.3 is 0 Å². The van der Waals surface area contributed by atoms with Crippen LogP contribution in [0.3, 0.4) is 0 Å². The Hall–Kier alpha value is -2.73. The van der Waals surface area contributed by atoms with E-state index in [1.165, 1.54) is 32.4 Å². The molecular weight excluding hydrogens is 478 g/mol. The summed E-state index contributed by atoms with van der Waals surface area (Å²) in [6, 6.07) is 21.7. The van der Waals surface area contributed by atoms with Gasteiger partial charge < -0.3 is 19.8 Å². The zero-order valence-electron chi connectivity index (χ0n) is 19.9. The maximum Gasteiger partial charge on any atom is 0.119 e. The van der Waals surface area contributed by atoms with Gasteiger partial charge in [-0.05, 0) is 105 Å². The monoisotopic (exact) mass is 509 g/mol. The SMILES string of the molecule is CC(CCOc1ccc(-c2c(-c3ccc(O)cc3)sc3cc(O)ccc23)cc1)N1CCCCC1.Cl. The minimum absolute atomic E-state index is 0. The molecule has 0 saturated carbocycles. The Bertz CT molecular complexity index is 1250. The van der Waals surface area contributed by atoms with Gasteiger partial charge in [0.2, 0.25) is 0 Å². The van der Waals surface area contributed by atoms with Gasteiger partial charge in [0.25, 0.3) is 0 Å². The van der Waals surface area contributed by atoms with Crippen molar-refractivity contribution in [2.24, 2.45) is 0 Å². The number of benzene rings is 3. The molecule has 184 valence electrons. The van der Waals surface area contributed by atoms with Crippen molar-refractivity contribution >= 4 is 33.8 Å². The highest BCUT2D eigenvalue weighted by molar-refractivity contribution is 7.23. The van der Waals surface area contributed by atoms with Crippen LogP contribution in [0.4, 0.5) is 0 Å². The molecule has 0 bridgehead atoms. The second kappa shape index (κ2) is 11.3. The summed E-state index contributed by atoms with van der Waals surface area (Å²) in [5, 5.41) is 20.8. The first-order valence-electron chi connectivity index (χ1n) is 12.1. The van der Waals surface area contributed by atoms with E-state index in [2.05, 4.69) is 24.0 Å². The first-order chi connectivity index (χ1) is 16.6. The number of aromatic hydroxyl groups is 2. The molecule has 2 heterocycles. The lowest BCUT2D eigenvalue weighted by molar-refractivity contribution is 0.149. The molecule has 1 atom stereocenters. The molecule has 1 aliphatic heterocycles. The number of fused-ring (bicyclic) bond motifs is 1. The third-order valence-electron chi connectivity index (χ3n) is 6.76. The molecule has 35 heavy (non-hydrogen) atoms. The molecule has 1 unspecified atom stereocenters. The highest BCUT2D eigenvalue weighted by Crippen LogP contribution is 2.46. The number of phenolic OH excluding ortho intramolecular Hbond substituents is 2. The molecule has 1 aliphatic rings. The van der Waals surface area contributed by atoms with E-state index in [9.17, 15) is 10.2 Å². The van der Waals surface area contributed by atoms with Crippen LogP contribution in [0.1, 0.15) is 32.6 Å². The first-order valence-corrected chi connectivity index (χ1v) is 12.9. The van der Waals surface area contributed by atoms with Gasteiger partial charge in [-0.3, -0.25) is 0 Å². The fraction of sp³-hybridized carbons (Fsp3) is 0.310. The summed E-state index contributed by atoms with van der Waals surface area (Å²) < 4.78 is 7.12. The lowest BCUT2D eigenvalue weighted by Crippen LogP contribution is -2.38.